The molecule has 10 heavy (non-hydrogen) atoms. The molecule has 0 saturated carbocycles. The third-order valence-corrected chi connectivity index (χ3v) is 0. The van der Waals surface area contributed by atoms with E-state index in [1.165, 1.54) is 0 Å². The van der Waals surface area contributed by atoms with E-state index in [0.717, 1.165) is 0 Å². The van der Waals surface area contributed by atoms with Gasteiger partial charge in [-0.05, 0) is 16.0 Å². The molecule has 0 radical (unpaired) electrons. The van der Waals surface area contributed by atoms with Crippen molar-refractivity contribution in [2.45, 2.75) is 0 Å². The summed E-state index contributed by atoms with van der Waals surface area (Å²) in [5.41, 5.74) is 0. The molecule has 52 valence electrons. The molecule has 7 heteroatoms. The molecule has 0 aliphatic rings. The summed E-state index contributed by atoms with van der Waals surface area (Å²) in [7, 11) is 0. The molecule has 0 fully saturated rings. The van der Waals surface area contributed by atoms with Crippen molar-refractivity contribution in [3.8, 4) is 0 Å². The van der Waals surface area contributed by atoms with Crippen LogP contribution in [0.25, 0.3) is 0 Å². The van der Waals surface area contributed by atoms with E-state index in [9.17, 15) is 0 Å². The molecule has 0 heterocycles. The predicted molar refractivity (Wildman–Crippen MR) is 45.3 cm³/mol. The Morgan fingerprint density at radius 3 is 1.00 bits per heavy atom. The molecule has 0 N–H and O–H groups in total. The topological polar surface area (TPSA) is 63.2 Å². The molecular weight excluding hydrogens is 416 g/mol. The van der Waals surface area contributed by atoms with Crippen molar-refractivity contribution in [3.05, 3.63) is 0 Å². The van der Waals surface area contributed by atoms with Gasteiger partial charge in [0.25, 0.3) is 0 Å². The van der Waals surface area contributed by atoms with Crippen molar-refractivity contribution in [1.82, 2.24) is 0 Å². The maximum atomic E-state index is 8.33. The maximum absolute atomic E-state index is 8.33. The standard InChI is InChI=1S/2CH3I.CH2O3.2K/c2*1-2;2-1(3)4;;/h2*1H3;(H2,2,3,4);;/q;;;2*+1/p-2. The van der Waals surface area contributed by atoms with Gasteiger partial charge in [0.2, 0.25) is 0 Å². The van der Waals surface area contributed by atoms with Crippen molar-refractivity contribution >= 4 is 51.3 Å². The first-order chi connectivity index (χ1) is 3.73. The van der Waals surface area contributed by atoms with Crippen LogP contribution in [0.3, 0.4) is 0 Å². The predicted octanol–water partition coefficient (Wildman–Crippen LogP) is -6.34. The summed E-state index contributed by atoms with van der Waals surface area (Å²) < 4.78 is 0. The number of carboxylic acid groups (broad SMARTS) is 2. The summed E-state index contributed by atoms with van der Waals surface area (Å²) in [5.74, 6) is 0. The van der Waals surface area contributed by atoms with Crippen molar-refractivity contribution < 1.29 is 118 Å². The van der Waals surface area contributed by atoms with Gasteiger partial charge in [-0.15, -0.1) is 0 Å². The molecule has 0 rings (SSSR count). The van der Waals surface area contributed by atoms with E-state index in [1.54, 1.807) is 0 Å². The van der Waals surface area contributed by atoms with Gasteiger partial charge in [-0.25, -0.2) is 0 Å². The molecule has 0 atom stereocenters. The fourth-order valence-corrected chi connectivity index (χ4v) is 0. The Labute approximate surface area is 174 Å². The third-order valence-electron chi connectivity index (χ3n) is 0. The van der Waals surface area contributed by atoms with Crippen LogP contribution < -0.4 is 113 Å². The second-order valence-electron chi connectivity index (χ2n) is 0.250. The van der Waals surface area contributed by atoms with Crippen molar-refractivity contribution in [2.75, 3.05) is 9.86 Å². The molecule has 3 nitrogen and oxygen atoms in total. The molecular formula is C3H6I2K2O3. The van der Waals surface area contributed by atoms with Crippen LogP contribution in [0.5, 0.6) is 0 Å². The van der Waals surface area contributed by atoms with Crippen molar-refractivity contribution in [3.63, 3.8) is 0 Å². The van der Waals surface area contributed by atoms with Crippen LogP contribution in [0.2, 0.25) is 0 Å². The third kappa shape index (κ3) is 90.7. The quantitative estimate of drug-likeness (QED) is 0.222. The molecule has 0 aromatic rings. The van der Waals surface area contributed by atoms with Crippen molar-refractivity contribution in [2.24, 2.45) is 0 Å². The number of rotatable bonds is 0. The van der Waals surface area contributed by atoms with Gasteiger partial charge >= 0.3 is 103 Å². The van der Waals surface area contributed by atoms with E-state index in [-0.39, 0.29) is 103 Å². The molecule has 0 aliphatic carbocycles. The van der Waals surface area contributed by atoms with Gasteiger partial charge in [-0.2, -0.15) is 0 Å². The van der Waals surface area contributed by atoms with Gasteiger partial charge in [0, 0.05) is 0 Å². The minimum atomic E-state index is -2.33. The molecule has 0 amide bonds. The Morgan fingerprint density at radius 1 is 1.00 bits per heavy atom. The first kappa shape index (κ1) is 29.2. The van der Waals surface area contributed by atoms with Gasteiger partial charge in [-0.3, -0.25) is 0 Å². The van der Waals surface area contributed by atoms with Crippen LogP contribution in [0.1, 0.15) is 0 Å². The van der Waals surface area contributed by atoms with E-state index < -0.39 is 6.16 Å². The Bertz CT molecular complexity index is 42.7. The maximum Gasteiger partial charge on any atom is 1.00 e. The second-order valence-corrected chi connectivity index (χ2v) is 0.250. The SMILES string of the molecule is CI.CI.O=C([O-])[O-].[K+].[K+]. The Balaban J connectivity index is -0.0000000125. The molecule has 0 aromatic heterocycles. The second kappa shape index (κ2) is 38.2. The number of hydrogen-bond donors (Lipinski definition) is 0. The number of alkyl halides is 2. The molecule has 0 aliphatic heterocycles. The molecule has 0 unspecified atom stereocenters. The zero-order chi connectivity index (χ0) is 7.58. The zero-order valence-corrected chi connectivity index (χ0v) is 17.0. The zero-order valence-electron chi connectivity index (χ0n) is 6.48. The van der Waals surface area contributed by atoms with Crippen LogP contribution >= 0.6 is 45.2 Å². The van der Waals surface area contributed by atoms with E-state index in [4.69, 9.17) is 15.0 Å². The number of hydrogen-bond acceptors (Lipinski definition) is 3. The molecule has 0 aromatic carbocycles. The number of carbonyl (C=O) groups excluding carboxylic acids is 1. The normalized spacial score (nSPS) is 3.60. The van der Waals surface area contributed by atoms with Crippen LogP contribution in [0.15, 0.2) is 0 Å². The first-order valence-electron chi connectivity index (χ1n) is 1.37. The minimum Gasteiger partial charge on any atom is -0.652 e. The molecule has 0 bridgehead atoms. The van der Waals surface area contributed by atoms with Crippen LogP contribution in [-0.4, -0.2) is 16.0 Å². The molecule has 0 spiro atoms. The van der Waals surface area contributed by atoms with E-state index in [0.29, 0.717) is 0 Å². The summed E-state index contributed by atoms with van der Waals surface area (Å²) >= 11 is 4.30. The first-order valence-corrected chi connectivity index (χ1v) is 5.68. The van der Waals surface area contributed by atoms with Gasteiger partial charge in [0.15, 0.2) is 0 Å². The van der Waals surface area contributed by atoms with Gasteiger partial charge in [0.05, 0.1) is 0 Å². The summed E-state index contributed by atoms with van der Waals surface area (Å²) in [6.45, 7) is 0. The smallest absolute Gasteiger partial charge is 0.652 e. The number of halogens is 2. The van der Waals surface area contributed by atoms with E-state index >= 15 is 0 Å². The summed E-state index contributed by atoms with van der Waals surface area (Å²) in [6, 6.07) is 0. The van der Waals surface area contributed by atoms with E-state index in [2.05, 4.69) is 45.2 Å². The average Bonchev–Trinajstić information content (AvgIpc) is 1.75. The largest absolute Gasteiger partial charge is 1.00 e. The fraction of sp³-hybridized carbons (Fsp3) is 0.667. The van der Waals surface area contributed by atoms with Gasteiger partial charge in [-0.1, -0.05) is 45.2 Å². The average molecular weight is 422 g/mol. The van der Waals surface area contributed by atoms with Crippen molar-refractivity contribution in [1.29, 1.82) is 0 Å². The Hall–Kier alpha value is 4.00. The van der Waals surface area contributed by atoms with Gasteiger partial charge in [0.1, 0.15) is 0 Å². The Morgan fingerprint density at radius 2 is 1.00 bits per heavy atom. The fourth-order valence-electron chi connectivity index (χ4n) is 0. The van der Waals surface area contributed by atoms with E-state index in [1.807, 2.05) is 9.86 Å². The molecule has 0 saturated heterocycles. The van der Waals surface area contributed by atoms with Crippen LogP contribution in [-0.2, 0) is 0 Å². The summed E-state index contributed by atoms with van der Waals surface area (Å²) in [6.07, 6.45) is -2.33. The summed E-state index contributed by atoms with van der Waals surface area (Å²) in [4.78, 5) is 12.3. The monoisotopic (exact) mass is 422 g/mol. The minimum absolute atomic E-state index is 0. The summed E-state index contributed by atoms with van der Waals surface area (Å²) in [5, 5.41) is 16.7. The van der Waals surface area contributed by atoms with Crippen LogP contribution in [0, 0.1) is 0 Å². The number of carbonyl (C=O) groups is 1. The Kier molecular flexibility index (Phi) is 112. The van der Waals surface area contributed by atoms with Crippen LogP contribution in [0.4, 0.5) is 4.79 Å². The van der Waals surface area contributed by atoms with Gasteiger partial charge < -0.3 is 15.0 Å².